The van der Waals surface area contributed by atoms with Crippen molar-refractivity contribution in [2.75, 3.05) is 11.9 Å². The third-order valence-corrected chi connectivity index (χ3v) is 4.21. The molecule has 1 aliphatic heterocycles. The molecule has 4 heteroatoms. The smallest absolute Gasteiger partial charge is 0.269 e. The largest absolute Gasteiger partial charge is 0.384 e. The molecule has 1 aromatic rings. The van der Waals surface area contributed by atoms with Crippen LogP contribution in [0.2, 0.25) is 0 Å². The second-order valence-corrected chi connectivity index (χ2v) is 5.18. The highest BCUT2D eigenvalue weighted by atomic mass is 16.6. The fourth-order valence-corrected chi connectivity index (χ4v) is 3.27. The first-order chi connectivity index (χ1) is 8.21. The Bertz CT molecular complexity index is 459. The zero-order chi connectivity index (χ0) is 11.9. The van der Waals surface area contributed by atoms with Gasteiger partial charge in [0.1, 0.15) is 0 Å². The van der Waals surface area contributed by atoms with E-state index in [0.29, 0.717) is 0 Å². The molecule has 0 radical (unpaired) electrons. The third kappa shape index (κ3) is 1.59. The molecule has 3 rings (SSSR count). The highest BCUT2D eigenvalue weighted by Gasteiger charge is 2.40. The Balaban J connectivity index is 2.04. The van der Waals surface area contributed by atoms with E-state index in [1.165, 1.54) is 24.8 Å². The number of nitro benzene ring substituents is 1. The average molecular weight is 232 g/mol. The Kier molecular flexibility index (Phi) is 2.31. The molecule has 0 amide bonds. The number of nitrogens with one attached hydrogen (secondary N) is 1. The first kappa shape index (κ1) is 10.6. The lowest BCUT2D eigenvalue weighted by Crippen LogP contribution is -2.30. The lowest BCUT2D eigenvalue weighted by Gasteiger charge is -2.33. The van der Waals surface area contributed by atoms with Crippen LogP contribution in [0.3, 0.4) is 0 Å². The SMILES string of the molecule is O=[N+]([O-])c1ccc2c(c1)C1(CCCCC1)CN2. The van der Waals surface area contributed by atoms with Crippen LogP contribution in [-0.4, -0.2) is 11.5 Å². The number of hydrogen-bond acceptors (Lipinski definition) is 3. The van der Waals surface area contributed by atoms with Crippen LogP contribution in [0.25, 0.3) is 0 Å². The van der Waals surface area contributed by atoms with Crippen molar-refractivity contribution in [1.29, 1.82) is 0 Å². The molecule has 0 atom stereocenters. The molecule has 0 bridgehead atoms. The molecule has 1 spiro atoms. The summed E-state index contributed by atoms with van der Waals surface area (Å²) in [5.74, 6) is 0. The van der Waals surface area contributed by atoms with E-state index in [1.807, 2.05) is 6.07 Å². The van der Waals surface area contributed by atoms with Gasteiger partial charge >= 0.3 is 0 Å². The molecule has 1 heterocycles. The Labute approximate surface area is 100 Å². The molecule has 1 aliphatic carbocycles. The molecule has 1 saturated carbocycles. The summed E-state index contributed by atoms with van der Waals surface area (Å²) < 4.78 is 0. The Hall–Kier alpha value is -1.58. The summed E-state index contributed by atoms with van der Waals surface area (Å²) in [6.45, 7) is 0.948. The van der Waals surface area contributed by atoms with E-state index in [-0.39, 0.29) is 16.0 Å². The van der Waals surface area contributed by atoms with Gasteiger partial charge in [-0.1, -0.05) is 19.3 Å². The lowest BCUT2D eigenvalue weighted by molar-refractivity contribution is -0.384. The van der Waals surface area contributed by atoms with Crippen molar-refractivity contribution in [3.8, 4) is 0 Å². The molecule has 0 saturated heterocycles. The van der Waals surface area contributed by atoms with Crippen LogP contribution in [0.15, 0.2) is 18.2 Å². The highest BCUT2D eigenvalue weighted by molar-refractivity contribution is 5.63. The number of nitro groups is 1. The van der Waals surface area contributed by atoms with Gasteiger partial charge in [-0.05, 0) is 24.5 Å². The first-order valence-corrected chi connectivity index (χ1v) is 6.24. The number of benzene rings is 1. The minimum atomic E-state index is -0.297. The molecule has 0 aromatic heterocycles. The van der Waals surface area contributed by atoms with Crippen molar-refractivity contribution in [1.82, 2.24) is 0 Å². The lowest BCUT2D eigenvalue weighted by atomic mass is 9.71. The maximum atomic E-state index is 10.9. The first-order valence-electron chi connectivity index (χ1n) is 6.24. The third-order valence-electron chi connectivity index (χ3n) is 4.21. The number of hydrogen-bond donors (Lipinski definition) is 1. The van der Waals surface area contributed by atoms with Crippen molar-refractivity contribution in [3.05, 3.63) is 33.9 Å². The molecule has 4 nitrogen and oxygen atoms in total. The normalized spacial score (nSPS) is 20.9. The van der Waals surface area contributed by atoms with E-state index in [2.05, 4.69) is 5.32 Å². The maximum absolute atomic E-state index is 10.9. The standard InChI is InChI=1S/C13H16N2O2/c16-15(17)10-4-5-12-11(8-10)13(9-14-12)6-2-1-3-7-13/h4-5,8,14H,1-3,6-7,9H2. The van der Waals surface area contributed by atoms with E-state index in [9.17, 15) is 10.1 Å². The minimum absolute atomic E-state index is 0.166. The van der Waals surface area contributed by atoms with Crippen LogP contribution in [0.4, 0.5) is 11.4 Å². The number of non-ortho nitro benzene ring substituents is 1. The fraction of sp³-hybridized carbons (Fsp3) is 0.538. The van der Waals surface area contributed by atoms with Crippen molar-refractivity contribution in [3.63, 3.8) is 0 Å². The predicted molar refractivity (Wildman–Crippen MR) is 66.3 cm³/mol. The fourth-order valence-electron chi connectivity index (χ4n) is 3.27. The van der Waals surface area contributed by atoms with Gasteiger partial charge in [-0.15, -0.1) is 0 Å². The molecular weight excluding hydrogens is 216 g/mol. The van der Waals surface area contributed by atoms with Crippen LogP contribution in [0.5, 0.6) is 0 Å². The van der Waals surface area contributed by atoms with Gasteiger partial charge in [0, 0.05) is 29.8 Å². The Morgan fingerprint density at radius 1 is 1.24 bits per heavy atom. The van der Waals surface area contributed by atoms with Gasteiger partial charge < -0.3 is 5.32 Å². The summed E-state index contributed by atoms with van der Waals surface area (Å²) in [6.07, 6.45) is 6.10. The summed E-state index contributed by atoms with van der Waals surface area (Å²) in [4.78, 5) is 10.6. The van der Waals surface area contributed by atoms with Crippen molar-refractivity contribution >= 4 is 11.4 Å². The van der Waals surface area contributed by atoms with Gasteiger partial charge in [0.15, 0.2) is 0 Å². The molecule has 1 N–H and O–H groups in total. The quantitative estimate of drug-likeness (QED) is 0.597. The zero-order valence-electron chi connectivity index (χ0n) is 9.74. The monoisotopic (exact) mass is 232 g/mol. The molecular formula is C13H16N2O2. The average Bonchev–Trinajstić information content (AvgIpc) is 2.69. The van der Waals surface area contributed by atoms with Crippen LogP contribution in [0.1, 0.15) is 37.7 Å². The van der Waals surface area contributed by atoms with Crippen LogP contribution in [0, 0.1) is 10.1 Å². The zero-order valence-corrected chi connectivity index (χ0v) is 9.74. The molecule has 1 fully saturated rings. The van der Waals surface area contributed by atoms with E-state index < -0.39 is 0 Å². The Morgan fingerprint density at radius 3 is 2.71 bits per heavy atom. The van der Waals surface area contributed by atoms with E-state index in [1.54, 1.807) is 12.1 Å². The molecule has 90 valence electrons. The summed E-state index contributed by atoms with van der Waals surface area (Å²) in [6, 6.07) is 5.23. The summed E-state index contributed by atoms with van der Waals surface area (Å²) in [7, 11) is 0. The summed E-state index contributed by atoms with van der Waals surface area (Å²) in [5, 5.41) is 14.3. The van der Waals surface area contributed by atoms with Crippen LogP contribution < -0.4 is 5.32 Å². The Morgan fingerprint density at radius 2 is 2.00 bits per heavy atom. The van der Waals surface area contributed by atoms with Gasteiger partial charge in [-0.3, -0.25) is 10.1 Å². The number of fused-ring (bicyclic) bond motifs is 2. The van der Waals surface area contributed by atoms with Crippen molar-refractivity contribution < 1.29 is 4.92 Å². The van der Waals surface area contributed by atoms with E-state index in [0.717, 1.165) is 25.1 Å². The van der Waals surface area contributed by atoms with Crippen molar-refractivity contribution in [2.24, 2.45) is 0 Å². The van der Waals surface area contributed by atoms with Gasteiger partial charge in [-0.25, -0.2) is 0 Å². The van der Waals surface area contributed by atoms with Gasteiger partial charge in [0.25, 0.3) is 5.69 Å². The second kappa shape index (κ2) is 3.72. The van der Waals surface area contributed by atoms with Gasteiger partial charge in [0.2, 0.25) is 0 Å². The molecule has 0 unspecified atom stereocenters. The number of nitrogens with zero attached hydrogens (tertiary/aromatic N) is 1. The number of anilines is 1. The summed E-state index contributed by atoms with van der Waals surface area (Å²) >= 11 is 0. The predicted octanol–water partition coefficient (Wildman–Crippen LogP) is 3.22. The molecule has 17 heavy (non-hydrogen) atoms. The minimum Gasteiger partial charge on any atom is -0.384 e. The summed E-state index contributed by atoms with van der Waals surface area (Å²) in [5.41, 5.74) is 2.65. The van der Waals surface area contributed by atoms with E-state index >= 15 is 0 Å². The second-order valence-electron chi connectivity index (χ2n) is 5.18. The molecule has 2 aliphatic rings. The maximum Gasteiger partial charge on any atom is 0.269 e. The van der Waals surface area contributed by atoms with Gasteiger partial charge in [0.05, 0.1) is 4.92 Å². The number of rotatable bonds is 1. The van der Waals surface area contributed by atoms with Crippen molar-refractivity contribution in [2.45, 2.75) is 37.5 Å². The van der Waals surface area contributed by atoms with E-state index in [4.69, 9.17) is 0 Å². The van der Waals surface area contributed by atoms with Gasteiger partial charge in [-0.2, -0.15) is 0 Å². The topological polar surface area (TPSA) is 55.2 Å². The molecule has 1 aromatic carbocycles. The van der Waals surface area contributed by atoms with Crippen LogP contribution >= 0.6 is 0 Å². The van der Waals surface area contributed by atoms with Crippen LogP contribution in [-0.2, 0) is 5.41 Å². The highest BCUT2D eigenvalue weighted by Crippen LogP contribution is 2.47.